The fourth-order valence-electron chi connectivity index (χ4n) is 2.32. The van der Waals surface area contributed by atoms with E-state index < -0.39 is 4.92 Å². The number of aromatic nitrogens is 3. The van der Waals surface area contributed by atoms with E-state index in [1.165, 1.54) is 12.1 Å². The summed E-state index contributed by atoms with van der Waals surface area (Å²) in [7, 11) is 0. The van der Waals surface area contributed by atoms with Crippen LogP contribution in [0.2, 0.25) is 0 Å². The van der Waals surface area contributed by atoms with Gasteiger partial charge in [-0.3, -0.25) is 10.1 Å². The lowest BCUT2D eigenvalue weighted by molar-refractivity contribution is -0.384. The van der Waals surface area contributed by atoms with Gasteiger partial charge in [-0.1, -0.05) is 0 Å². The molecule has 0 aliphatic carbocycles. The molecular formula is C13H15N5O3. The van der Waals surface area contributed by atoms with Crippen molar-refractivity contribution in [2.24, 2.45) is 0 Å². The molecule has 1 saturated heterocycles. The summed E-state index contributed by atoms with van der Waals surface area (Å²) in [6.45, 7) is 1.46. The number of aliphatic hydroxyl groups is 1. The van der Waals surface area contributed by atoms with Crippen molar-refractivity contribution in [3.8, 4) is 5.69 Å². The first-order valence-electron chi connectivity index (χ1n) is 6.73. The van der Waals surface area contributed by atoms with Gasteiger partial charge < -0.3 is 10.0 Å². The zero-order valence-electron chi connectivity index (χ0n) is 11.3. The molecule has 1 aliphatic heterocycles. The van der Waals surface area contributed by atoms with Crippen molar-refractivity contribution in [3.05, 3.63) is 40.7 Å². The maximum absolute atomic E-state index is 10.6. The predicted molar refractivity (Wildman–Crippen MR) is 75.5 cm³/mol. The van der Waals surface area contributed by atoms with Crippen LogP contribution in [0.4, 0.5) is 11.6 Å². The minimum Gasteiger partial charge on any atom is -0.393 e. The van der Waals surface area contributed by atoms with Crippen LogP contribution in [-0.2, 0) is 0 Å². The van der Waals surface area contributed by atoms with Crippen LogP contribution in [0.1, 0.15) is 12.8 Å². The van der Waals surface area contributed by atoms with Crippen molar-refractivity contribution >= 4 is 11.6 Å². The Balaban J connectivity index is 1.76. The van der Waals surface area contributed by atoms with E-state index in [0.29, 0.717) is 18.8 Å². The molecule has 0 spiro atoms. The van der Waals surface area contributed by atoms with Crippen LogP contribution in [-0.4, -0.2) is 44.0 Å². The number of piperidine rings is 1. The van der Waals surface area contributed by atoms with Gasteiger partial charge >= 0.3 is 0 Å². The summed E-state index contributed by atoms with van der Waals surface area (Å²) in [6, 6.07) is 6.15. The van der Waals surface area contributed by atoms with E-state index in [-0.39, 0.29) is 11.8 Å². The molecule has 1 N–H and O–H groups in total. The van der Waals surface area contributed by atoms with Crippen LogP contribution in [0, 0.1) is 10.1 Å². The fraction of sp³-hybridized carbons (Fsp3) is 0.385. The molecule has 0 amide bonds. The molecule has 1 aliphatic rings. The molecule has 1 aromatic carbocycles. The molecule has 3 rings (SSSR count). The van der Waals surface area contributed by atoms with Gasteiger partial charge in [0, 0.05) is 25.2 Å². The molecule has 8 heteroatoms. The van der Waals surface area contributed by atoms with Gasteiger partial charge in [-0.05, 0) is 25.0 Å². The van der Waals surface area contributed by atoms with Gasteiger partial charge in [0.05, 0.1) is 16.7 Å². The maximum Gasteiger partial charge on any atom is 0.269 e. The minimum atomic E-state index is -0.435. The molecule has 0 bridgehead atoms. The third-order valence-electron chi connectivity index (χ3n) is 3.55. The van der Waals surface area contributed by atoms with Gasteiger partial charge in [-0.2, -0.15) is 4.98 Å². The molecule has 1 fully saturated rings. The molecule has 110 valence electrons. The lowest BCUT2D eigenvalue weighted by atomic mass is 10.1. The van der Waals surface area contributed by atoms with Crippen molar-refractivity contribution in [1.82, 2.24) is 14.8 Å². The van der Waals surface area contributed by atoms with E-state index in [1.807, 2.05) is 4.90 Å². The SMILES string of the molecule is O=[N+]([O-])c1ccc(-n2cnc(N3CCC(O)CC3)n2)cc1. The largest absolute Gasteiger partial charge is 0.393 e. The summed E-state index contributed by atoms with van der Waals surface area (Å²) in [5.41, 5.74) is 0.764. The van der Waals surface area contributed by atoms with Crippen LogP contribution >= 0.6 is 0 Å². The molecule has 0 unspecified atom stereocenters. The number of non-ortho nitro benzene ring substituents is 1. The number of hydrogen-bond donors (Lipinski definition) is 1. The average molecular weight is 289 g/mol. The van der Waals surface area contributed by atoms with Crippen molar-refractivity contribution in [3.63, 3.8) is 0 Å². The number of nitrogens with zero attached hydrogens (tertiary/aromatic N) is 5. The second-order valence-electron chi connectivity index (χ2n) is 4.98. The smallest absolute Gasteiger partial charge is 0.269 e. The summed E-state index contributed by atoms with van der Waals surface area (Å²) in [5, 5.41) is 24.5. The summed E-state index contributed by atoms with van der Waals surface area (Å²) in [6.07, 6.45) is 2.78. The quantitative estimate of drug-likeness (QED) is 0.672. The fourth-order valence-corrected chi connectivity index (χ4v) is 2.32. The Morgan fingerprint density at radius 2 is 1.90 bits per heavy atom. The predicted octanol–water partition coefficient (Wildman–Crippen LogP) is 1.14. The third-order valence-corrected chi connectivity index (χ3v) is 3.55. The first-order valence-corrected chi connectivity index (χ1v) is 6.73. The monoisotopic (exact) mass is 289 g/mol. The number of anilines is 1. The Bertz CT molecular complexity index is 632. The Morgan fingerprint density at radius 1 is 1.24 bits per heavy atom. The molecular weight excluding hydrogens is 274 g/mol. The van der Waals surface area contributed by atoms with E-state index in [0.717, 1.165) is 18.8 Å². The second-order valence-corrected chi connectivity index (χ2v) is 4.98. The highest BCUT2D eigenvalue weighted by Gasteiger charge is 2.20. The Hall–Kier alpha value is -2.48. The molecule has 0 radical (unpaired) electrons. The number of rotatable bonds is 3. The molecule has 2 heterocycles. The Kier molecular flexibility index (Phi) is 3.53. The van der Waals surface area contributed by atoms with E-state index in [9.17, 15) is 15.2 Å². The highest BCUT2D eigenvalue weighted by molar-refractivity contribution is 5.41. The number of aliphatic hydroxyl groups excluding tert-OH is 1. The van der Waals surface area contributed by atoms with E-state index in [4.69, 9.17) is 0 Å². The van der Waals surface area contributed by atoms with E-state index in [2.05, 4.69) is 10.1 Å². The molecule has 0 atom stereocenters. The van der Waals surface area contributed by atoms with Gasteiger partial charge in [0.1, 0.15) is 6.33 Å². The first-order chi connectivity index (χ1) is 10.1. The zero-order chi connectivity index (χ0) is 14.8. The van der Waals surface area contributed by atoms with Gasteiger partial charge in [-0.25, -0.2) is 4.68 Å². The third kappa shape index (κ3) is 2.84. The van der Waals surface area contributed by atoms with Crippen molar-refractivity contribution in [2.45, 2.75) is 18.9 Å². The lowest BCUT2D eigenvalue weighted by Crippen LogP contribution is -2.36. The normalized spacial score (nSPS) is 16.1. The van der Waals surface area contributed by atoms with Crippen LogP contribution < -0.4 is 4.90 Å². The minimum absolute atomic E-state index is 0.0455. The highest BCUT2D eigenvalue weighted by atomic mass is 16.6. The van der Waals surface area contributed by atoms with Crippen molar-refractivity contribution in [2.75, 3.05) is 18.0 Å². The highest BCUT2D eigenvalue weighted by Crippen LogP contribution is 2.18. The standard InChI is InChI=1S/C13H15N5O3/c19-12-5-7-16(8-6-12)13-14-9-17(15-13)10-1-3-11(4-2-10)18(20)21/h1-4,9,12,19H,5-8H2. The zero-order valence-corrected chi connectivity index (χ0v) is 11.3. The van der Waals surface area contributed by atoms with Crippen molar-refractivity contribution < 1.29 is 10.0 Å². The van der Waals surface area contributed by atoms with E-state index in [1.54, 1.807) is 23.1 Å². The van der Waals surface area contributed by atoms with Gasteiger partial charge in [-0.15, -0.1) is 5.10 Å². The van der Waals surface area contributed by atoms with Gasteiger partial charge in [0.2, 0.25) is 5.95 Å². The second kappa shape index (κ2) is 5.49. The summed E-state index contributed by atoms with van der Waals surface area (Å²) >= 11 is 0. The van der Waals surface area contributed by atoms with Crippen LogP contribution in [0.3, 0.4) is 0 Å². The van der Waals surface area contributed by atoms with E-state index >= 15 is 0 Å². The molecule has 8 nitrogen and oxygen atoms in total. The van der Waals surface area contributed by atoms with Gasteiger partial charge in [0.25, 0.3) is 5.69 Å². The number of benzene rings is 1. The number of hydrogen-bond acceptors (Lipinski definition) is 6. The maximum atomic E-state index is 10.6. The van der Waals surface area contributed by atoms with Crippen molar-refractivity contribution in [1.29, 1.82) is 0 Å². The first kappa shape index (κ1) is 13.5. The van der Waals surface area contributed by atoms with Crippen LogP contribution in [0.25, 0.3) is 5.69 Å². The lowest BCUT2D eigenvalue weighted by Gasteiger charge is -2.28. The molecule has 2 aromatic rings. The summed E-state index contributed by atoms with van der Waals surface area (Å²) in [4.78, 5) is 16.5. The summed E-state index contributed by atoms with van der Waals surface area (Å²) < 4.78 is 1.59. The summed E-state index contributed by atoms with van der Waals surface area (Å²) in [5.74, 6) is 0.611. The average Bonchev–Trinajstić information content (AvgIpc) is 2.98. The number of nitro groups is 1. The number of nitro benzene ring substituents is 1. The molecule has 0 saturated carbocycles. The Labute approximate surface area is 120 Å². The van der Waals surface area contributed by atoms with Gasteiger partial charge in [0.15, 0.2) is 0 Å². The van der Waals surface area contributed by atoms with Crippen LogP contribution in [0.15, 0.2) is 30.6 Å². The Morgan fingerprint density at radius 3 is 2.52 bits per heavy atom. The molecule has 1 aromatic heterocycles. The topological polar surface area (TPSA) is 97.3 Å². The van der Waals surface area contributed by atoms with Crippen LogP contribution in [0.5, 0.6) is 0 Å². The molecule has 21 heavy (non-hydrogen) atoms.